The number of amides is 1. The Morgan fingerprint density at radius 2 is 2.03 bits per heavy atom. The number of rotatable bonds is 7. The maximum atomic E-state index is 12.7. The van der Waals surface area contributed by atoms with Gasteiger partial charge in [-0.05, 0) is 43.2 Å². The average molecular weight is 421 g/mol. The van der Waals surface area contributed by atoms with Crippen LogP contribution in [0.3, 0.4) is 0 Å². The number of halogens is 1. The third kappa shape index (κ3) is 4.96. The second kappa shape index (κ2) is 9.11. The molecule has 0 aromatic heterocycles. The molecule has 2 aromatic rings. The quantitative estimate of drug-likeness (QED) is 0.490. The minimum absolute atomic E-state index is 0.0206. The Labute approximate surface area is 173 Å². The molecule has 29 heavy (non-hydrogen) atoms. The van der Waals surface area contributed by atoms with Crippen LogP contribution in [0, 0.1) is 10.1 Å². The Morgan fingerprint density at radius 1 is 1.28 bits per heavy atom. The third-order valence-electron chi connectivity index (χ3n) is 4.60. The molecule has 8 nitrogen and oxygen atoms in total. The van der Waals surface area contributed by atoms with Crippen LogP contribution in [0.1, 0.15) is 23.2 Å². The van der Waals surface area contributed by atoms with E-state index >= 15 is 0 Å². The minimum atomic E-state index is -0.578. The summed E-state index contributed by atoms with van der Waals surface area (Å²) in [6, 6.07) is 8.80. The molecule has 1 aliphatic heterocycles. The van der Waals surface area contributed by atoms with Gasteiger partial charge in [0.2, 0.25) is 5.75 Å². The lowest BCUT2D eigenvalue weighted by atomic mass is 10.1. The van der Waals surface area contributed by atoms with E-state index < -0.39 is 4.92 Å². The van der Waals surface area contributed by atoms with Gasteiger partial charge in [-0.1, -0.05) is 11.6 Å². The van der Waals surface area contributed by atoms with E-state index in [9.17, 15) is 14.9 Å². The summed E-state index contributed by atoms with van der Waals surface area (Å²) in [5.74, 6) is 0.372. The maximum absolute atomic E-state index is 12.7. The van der Waals surface area contributed by atoms with Crippen molar-refractivity contribution in [1.29, 1.82) is 0 Å². The van der Waals surface area contributed by atoms with E-state index in [1.54, 1.807) is 30.1 Å². The molecule has 1 aliphatic rings. The standard InChI is InChI=1S/C20H21ClN2O6/c1-22(12-15-4-3-9-28-15)20(24)13-5-7-18(19(10-13)27-2)29-17-8-6-14(21)11-16(17)23(25)26/h5-8,10-11,15H,3-4,9,12H2,1-2H3/t15-/m1/s1. The summed E-state index contributed by atoms with van der Waals surface area (Å²) in [7, 11) is 3.15. The number of benzene rings is 2. The number of carbonyl (C=O) groups is 1. The Kier molecular flexibility index (Phi) is 6.56. The summed E-state index contributed by atoms with van der Waals surface area (Å²) < 4.78 is 16.6. The van der Waals surface area contributed by atoms with Crippen LogP contribution in [0.15, 0.2) is 36.4 Å². The maximum Gasteiger partial charge on any atom is 0.313 e. The van der Waals surface area contributed by atoms with Crippen molar-refractivity contribution in [3.63, 3.8) is 0 Å². The first kappa shape index (κ1) is 20.9. The summed E-state index contributed by atoms with van der Waals surface area (Å²) in [5, 5.41) is 11.5. The summed E-state index contributed by atoms with van der Waals surface area (Å²) in [6.07, 6.45) is 2.00. The molecule has 0 radical (unpaired) electrons. The van der Waals surface area contributed by atoms with Gasteiger partial charge in [0, 0.05) is 36.9 Å². The van der Waals surface area contributed by atoms with Crippen molar-refractivity contribution in [3.05, 3.63) is 57.1 Å². The van der Waals surface area contributed by atoms with E-state index in [0.717, 1.165) is 19.4 Å². The van der Waals surface area contributed by atoms with Gasteiger partial charge in [0.25, 0.3) is 5.91 Å². The molecular weight excluding hydrogens is 400 g/mol. The number of hydrogen-bond donors (Lipinski definition) is 0. The molecule has 1 fully saturated rings. The first-order valence-corrected chi connectivity index (χ1v) is 9.43. The Bertz CT molecular complexity index is 914. The van der Waals surface area contributed by atoms with Gasteiger partial charge in [-0.2, -0.15) is 0 Å². The molecular formula is C20H21ClN2O6. The first-order valence-electron chi connectivity index (χ1n) is 9.06. The molecule has 0 bridgehead atoms. The molecule has 1 heterocycles. The molecule has 0 unspecified atom stereocenters. The van der Waals surface area contributed by atoms with Gasteiger partial charge in [0.1, 0.15) is 0 Å². The molecule has 1 amide bonds. The average Bonchev–Trinajstić information content (AvgIpc) is 3.21. The molecule has 154 valence electrons. The lowest BCUT2D eigenvalue weighted by Gasteiger charge is -2.21. The van der Waals surface area contributed by atoms with Crippen LogP contribution >= 0.6 is 11.6 Å². The Hall–Kier alpha value is -2.84. The lowest BCUT2D eigenvalue weighted by molar-refractivity contribution is -0.385. The smallest absolute Gasteiger partial charge is 0.313 e. The minimum Gasteiger partial charge on any atom is -0.493 e. The van der Waals surface area contributed by atoms with Crippen LogP contribution in [-0.4, -0.2) is 49.1 Å². The number of methoxy groups -OCH3 is 1. The second-order valence-corrected chi connectivity index (χ2v) is 7.09. The number of hydrogen-bond acceptors (Lipinski definition) is 6. The van der Waals surface area contributed by atoms with E-state index in [4.69, 9.17) is 25.8 Å². The third-order valence-corrected chi connectivity index (χ3v) is 4.83. The number of carbonyl (C=O) groups excluding carboxylic acids is 1. The van der Waals surface area contributed by atoms with E-state index in [2.05, 4.69) is 0 Å². The highest BCUT2D eigenvalue weighted by Gasteiger charge is 2.23. The van der Waals surface area contributed by atoms with E-state index in [1.807, 2.05) is 0 Å². The molecule has 2 aromatic carbocycles. The second-order valence-electron chi connectivity index (χ2n) is 6.66. The van der Waals surface area contributed by atoms with Crippen LogP contribution in [0.25, 0.3) is 0 Å². The number of likely N-dealkylation sites (N-methyl/N-ethyl adjacent to an activating group) is 1. The Morgan fingerprint density at radius 3 is 2.69 bits per heavy atom. The number of nitrogens with zero attached hydrogens (tertiary/aromatic N) is 2. The normalized spacial score (nSPS) is 15.8. The van der Waals surface area contributed by atoms with Gasteiger partial charge in [-0.25, -0.2) is 0 Å². The lowest BCUT2D eigenvalue weighted by Crippen LogP contribution is -2.34. The number of nitro benzene ring substituents is 1. The van der Waals surface area contributed by atoms with Crippen LogP contribution in [-0.2, 0) is 4.74 Å². The monoisotopic (exact) mass is 420 g/mol. The summed E-state index contributed by atoms with van der Waals surface area (Å²) in [6.45, 7) is 1.24. The first-order chi connectivity index (χ1) is 13.9. The molecule has 3 rings (SSSR count). The van der Waals surface area contributed by atoms with Gasteiger partial charge in [-0.15, -0.1) is 0 Å². The molecule has 1 atom stereocenters. The fraction of sp³-hybridized carbons (Fsp3) is 0.350. The van der Waals surface area contributed by atoms with Crippen molar-refractivity contribution >= 4 is 23.2 Å². The van der Waals surface area contributed by atoms with Gasteiger partial charge < -0.3 is 19.1 Å². The predicted molar refractivity (Wildman–Crippen MR) is 107 cm³/mol. The van der Waals surface area contributed by atoms with Gasteiger partial charge >= 0.3 is 5.69 Å². The van der Waals surface area contributed by atoms with Crippen molar-refractivity contribution in [1.82, 2.24) is 4.90 Å². The zero-order chi connectivity index (χ0) is 21.0. The number of nitro groups is 1. The predicted octanol–water partition coefficient (Wildman–Crippen LogP) is 4.30. The largest absolute Gasteiger partial charge is 0.493 e. The zero-order valence-corrected chi connectivity index (χ0v) is 16.8. The molecule has 9 heteroatoms. The zero-order valence-electron chi connectivity index (χ0n) is 16.1. The van der Waals surface area contributed by atoms with Crippen molar-refractivity contribution in [2.45, 2.75) is 18.9 Å². The van der Waals surface area contributed by atoms with Crippen LogP contribution < -0.4 is 9.47 Å². The van der Waals surface area contributed by atoms with Crippen molar-refractivity contribution in [2.75, 3.05) is 27.3 Å². The Balaban J connectivity index is 1.80. The van der Waals surface area contributed by atoms with E-state index in [0.29, 0.717) is 12.1 Å². The van der Waals surface area contributed by atoms with Gasteiger partial charge in [0.15, 0.2) is 11.5 Å². The molecule has 0 N–H and O–H groups in total. The van der Waals surface area contributed by atoms with Crippen molar-refractivity contribution in [2.24, 2.45) is 0 Å². The van der Waals surface area contributed by atoms with Gasteiger partial charge in [-0.3, -0.25) is 14.9 Å². The fourth-order valence-electron chi connectivity index (χ4n) is 3.12. The van der Waals surface area contributed by atoms with Crippen LogP contribution in [0.5, 0.6) is 17.2 Å². The van der Waals surface area contributed by atoms with Crippen LogP contribution in [0.2, 0.25) is 5.02 Å². The summed E-state index contributed by atoms with van der Waals surface area (Å²) >= 11 is 5.83. The molecule has 1 saturated heterocycles. The number of ether oxygens (including phenoxy) is 3. The van der Waals surface area contributed by atoms with Crippen molar-refractivity contribution in [3.8, 4) is 17.2 Å². The molecule has 0 spiro atoms. The summed E-state index contributed by atoms with van der Waals surface area (Å²) in [4.78, 5) is 25.0. The fourth-order valence-corrected chi connectivity index (χ4v) is 3.29. The molecule has 0 aliphatic carbocycles. The van der Waals surface area contributed by atoms with Crippen LogP contribution in [0.4, 0.5) is 5.69 Å². The topological polar surface area (TPSA) is 91.1 Å². The highest BCUT2D eigenvalue weighted by molar-refractivity contribution is 6.30. The highest BCUT2D eigenvalue weighted by atomic mass is 35.5. The van der Waals surface area contributed by atoms with E-state index in [-0.39, 0.29) is 40.0 Å². The highest BCUT2D eigenvalue weighted by Crippen LogP contribution is 2.38. The van der Waals surface area contributed by atoms with Gasteiger partial charge in [0.05, 0.1) is 18.1 Å². The summed E-state index contributed by atoms with van der Waals surface area (Å²) in [5.41, 5.74) is 0.149. The SMILES string of the molecule is COc1cc(C(=O)N(C)C[C@H]2CCCO2)ccc1Oc1ccc(Cl)cc1[N+](=O)[O-]. The molecule has 0 saturated carbocycles. The van der Waals surface area contributed by atoms with Crippen molar-refractivity contribution < 1.29 is 23.9 Å². The van der Waals surface area contributed by atoms with E-state index in [1.165, 1.54) is 25.3 Å².